The molecule has 1 amide bonds. The number of anilines is 1. The summed E-state index contributed by atoms with van der Waals surface area (Å²) in [4.78, 5) is 31.5. The first-order chi connectivity index (χ1) is 20.4. The van der Waals surface area contributed by atoms with Crippen LogP contribution in [0.25, 0.3) is 27.4 Å². The summed E-state index contributed by atoms with van der Waals surface area (Å²) in [6, 6.07) is 13.5. The average molecular weight is 570 g/mol. The van der Waals surface area contributed by atoms with Crippen LogP contribution in [-0.2, 0) is 0 Å². The third-order valence-electron chi connectivity index (χ3n) is 9.10. The van der Waals surface area contributed by atoms with E-state index in [9.17, 15) is 9.59 Å². The molecule has 2 atom stereocenters. The van der Waals surface area contributed by atoms with Gasteiger partial charge in [-0.3, -0.25) is 9.59 Å². The molecule has 2 fully saturated rings. The Kier molecular flexibility index (Phi) is 6.86. The summed E-state index contributed by atoms with van der Waals surface area (Å²) in [5.41, 5.74) is 7.08. The molecule has 7 rings (SSSR count). The van der Waals surface area contributed by atoms with E-state index in [1.165, 1.54) is 25.3 Å². The highest BCUT2D eigenvalue weighted by Gasteiger charge is 2.33. The first-order valence-electron chi connectivity index (χ1n) is 15.0. The van der Waals surface area contributed by atoms with Gasteiger partial charge < -0.3 is 30.2 Å². The number of nitrogens with two attached hydrogens (primary N) is 1. The van der Waals surface area contributed by atoms with Gasteiger partial charge in [-0.1, -0.05) is 30.7 Å². The van der Waals surface area contributed by atoms with E-state index in [-0.39, 0.29) is 22.7 Å². The summed E-state index contributed by atoms with van der Waals surface area (Å²) in [6.07, 6.45) is 6.79. The van der Waals surface area contributed by atoms with Crippen LogP contribution in [0.2, 0.25) is 0 Å². The van der Waals surface area contributed by atoms with Crippen molar-refractivity contribution in [2.45, 2.75) is 51.1 Å². The highest BCUT2D eigenvalue weighted by atomic mass is 19.1. The molecule has 42 heavy (non-hydrogen) atoms. The maximum Gasteiger partial charge on any atom is 0.256 e. The Morgan fingerprint density at radius 2 is 1.93 bits per heavy atom. The second-order valence-corrected chi connectivity index (χ2v) is 11.9. The normalized spacial score (nSPS) is 20.1. The third kappa shape index (κ3) is 4.61. The number of carbonyl (C=O) groups is 1. The van der Waals surface area contributed by atoms with E-state index in [1.807, 2.05) is 45.9 Å². The van der Waals surface area contributed by atoms with Gasteiger partial charge >= 0.3 is 0 Å². The van der Waals surface area contributed by atoms with Crippen molar-refractivity contribution < 1.29 is 13.9 Å². The lowest BCUT2D eigenvalue weighted by Gasteiger charge is -2.33. The Hall–Kier alpha value is -3.95. The Balaban J connectivity index is 1.30. The number of ether oxygens (including phenoxy) is 1. The van der Waals surface area contributed by atoms with Crippen molar-refractivity contribution >= 4 is 33.3 Å². The van der Waals surface area contributed by atoms with Crippen LogP contribution in [0.1, 0.15) is 49.4 Å². The number of halogens is 1. The molecular formula is C33H36FN5O3. The second-order valence-electron chi connectivity index (χ2n) is 11.9. The molecule has 2 unspecified atom stereocenters. The van der Waals surface area contributed by atoms with Crippen LogP contribution < -0.4 is 26.1 Å². The molecule has 4 aromatic rings. The molecule has 0 bridgehead atoms. The zero-order valence-corrected chi connectivity index (χ0v) is 23.9. The van der Waals surface area contributed by atoms with E-state index < -0.39 is 17.2 Å². The number of nitrogens with one attached hydrogen (secondary N) is 1. The van der Waals surface area contributed by atoms with Crippen LogP contribution >= 0.6 is 0 Å². The molecule has 0 spiro atoms. The van der Waals surface area contributed by atoms with Crippen molar-refractivity contribution in [3.05, 3.63) is 70.3 Å². The van der Waals surface area contributed by atoms with Crippen LogP contribution in [0, 0.1) is 5.82 Å². The third-order valence-corrected chi connectivity index (χ3v) is 9.10. The topological polar surface area (TPSA) is 92.8 Å². The quantitative estimate of drug-likeness (QED) is 0.282. The number of piperidine rings is 1. The number of amides is 1. The number of carbonyl (C=O) groups excluding carboxylic acids is 1. The standard InChI is InChI=1S/C33H36FN5O3/c1-20-7-4-5-12-37(20)13-6-11-36-33(41)25-19-39-27-15-21-8-2-3-9-22(21)16-28(27)42-32-29(39)24(31(25)40)17-26(34)30(32)38-14-10-23(35)18-38/h2-3,8-9,15-17,19-20,23H,4-7,10-14,18,35H2,1H3,(H,36,41). The molecule has 3 N–H and O–H groups in total. The number of aromatic nitrogens is 1. The fraction of sp³-hybridized carbons (Fsp3) is 0.394. The fourth-order valence-corrected chi connectivity index (χ4v) is 6.81. The molecule has 3 aromatic carbocycles. The SMILES string of the molecule is CC1CCCCN1CCCNC(=O)c1cn2c3c(c(N4CCC(N)C4)c(F)cc3c1=O)Oc1cc3ccccc3cc1-2. The minimum absolute atomic E-state index is 0.0175. The Morgan fingerprint density at radius 1 is 1.12 bits per heavy atom. The van der Waals surface area contributed by atoms with Gasteiger partial charge in [-0.25, -0.2) is 4.39 Å². The average Bonchev–Trinajstić information content (AvgIpc) is 3.41. The number of likely N-dealkylation sites (tertiary alicyclic amines) is 1. The van der Waals surface area contributed by atoms with Gasteiger partial charge in [-0.05, 0) is 68.1 Å². The van der Waals surface area contributed by atoms with Gasteiger partial charge in [-0.15, -0.1) is 0 Å². The summed E-state index contributed by atoms with van der Waals surface area (Å²) in [6.45, 7) is 5.77. The van der Waals surface area contributed by atoms with Crippen molar-refractivity contribution in [2.75, 3.05) is 37.6 Å². The molecule has 218 valence electrons. The van der Waals surface area contributed by atoms with Gasteiger partial charge in [-0.2, -0.15) is 0 Å². The first kappa shape index (κ1) is 26.9. The lowest BCUT2D eigenvalue weighted by molar-refractivity contribution is 0.0947. The highest BCUT2D eigenvalue weighted by molar-refractivity contribution is 6.02. The van der Waals surface area contributed by atoms with Crippen molar-refractivity contribution in [1.82, 2.24) is 14.8 Å². The second kappa shape index (κ2) is 10.7. The van der Waals surface area contributed by atoms with E-state index in [0.717, 1.165) is 36.7 Å². The number of fused-ring (bicyclic) bond motifs is 3. The summed E-state index contributed by atoms with van der Waals surface area (Å²) >= 11 is 0. The number of benzene rings is 3. The monoisotopic (exact) mass is 569 g/mol. The molecule has 3 aliphatic rings. The van der Waals surface area contributed by atoms with Gasteiger partial charge in [0, 0.05) is 44.5 Å². The van der Waals surface area contributed by atoms with Crippen molar-refractivity contribution in [3.8, 4) is 17.2 Å². The van der Waals surface area contributed by atoms with Crippen LogP contribution in [0.5, 0.6) is 11.5 Å². The molecule has 0 aliphatic carbocycles. The highest BCUT2D eigenvalue weighted by Crippen LogP contribution is 2.48. The van der Waals surface area contributed by atoms with Crippen LogP contribution in [-0.4, -0.2) is 60.2 Å². The number of hydrogen-bond donors (Lipinski definition) is 2. The molecular weight excluding hydrogens is 533 g/mol. The maximum absolute atomic E-state index is 15.9. The van der Waals surface area contributed by atoms with Gasteiger partial charge in [0.1, 0.15) is 16.8 Å². The van der Waals surface area contributed by atoms with Gasteiger partial charge in [0.2, 0.25) is 5.43 Å². The van der Waals surface area contributed by atoms with Crippen LogP contribution in [0.4, 0.5) is 10.1 Å². The molecule has 2 saturated heterocycles. The minimum atomic E-state index is -0.562. The maximum atomic E-state index is 15.9. The predicted octanol–water partition coefficient (Wildman–Crippen LogP) is 4.92. The van der Waals surface area contributed by atoms with Crippen LogP contribution in [0.15, 0.2) is 53.5 Å². The summed E-state index contributed by atoms with van der Waals surface area (Å²) in [5.74, 6) is -0.208. The summed E-state index contributed by atoms with van der Waals surface area (Å²) in [5, 5.41) is 5.02. The largest absolute Gasteiger partial charge is 0.451 e. The number of rotatable bonds is 6. The number of hydrogen-bond acceptors (Lipinski definition) is 6. The van der Waals surface area contributed by atoms with Gasteiger partial charge in [0.05, 0.1) is 11.1 Å². The fourth-order valence-electron chi connectivity index (χ4n) is 6.81. The van der Waals surface area contributed by atoms with E-state index in [2.05, 4.69) is 17.1 Å². The lowest BCUT2D eigenvalue weighted by atomic mass is 10.0. The summed E-state index contributed by atoms with van der Waals surface area (Å²) in [7, 11) is 0. The van der Waals surface area contributed by atoms with Gasteiger partial charge in [0.15, 0.2) is 17.3 Å². The molecule has 0 radical (unpaired) electrons. The predicted molar refractivity (Wildman–Crippen MR) is 164 cm³/mol. The van der Waals surface area contributed by atoms with E-state index in [1.54, 1.807) is 6.20 Å². The van der Waals surface area contributed by atoms with Crippen LogP contribution in [0.3, 0.4) is 0 Å². The number of nitrogens with zero attached hydrogens (tertiary/aromatic N) is 3. The molecule has 3 aliphatic heterocycles. The molecule has 8 nitrogen and oxygen atoms in total. The van der Waals surface area contributed by atoms with E-state index >= 15 is 4.39 Å². The molecule has 0 saturated carbocycles. The molecule has 9 heteroatoms. The van der Waals surface area contributed by atoms with Crippen molar-refractivity contribution in [3.63, 3.8) is 0 Å². The summed E-state index contributed by atoms with van der Waals surface area (Å²) < 4.78 is 24.1. The first-order valence-corrected chi connectivity index (χ1v) is 15.0. The Bertz CT molecular complexity index is 1770. The van der Waals surface area contributed by atoms with E-state index in [0.29, 0.717) is 48.3 Å². The van der Waals surface area contributed by atoms with E-state index in [4.69, 9.17) is 10.5 Å². The zero-order valence-electron chi connectivity index (χ0n) is 23.9. The number of pyridine rings is 1. The minimum Gasteiger partial charge on any atom is -0.451 e. The lowest BCUT2D eigenvalue weighted by Crippen LogP contribution is -2.39. The smallest absolute Gasteiger partial charge is 0.256 e. The Morgan fingerprint density at radius 3 is 2.69 bits per heavy atom. The van der Waals surface area contributed by atoms with Crippen molar-refractivity contribution in [2.24, 2.45) is 5.73 Å². The molecule has 1 aromatic heterocycles. The van der Waals surface area contributed by atoms with Gasteiger partial charge in [0.25, 0.3) is 5.91 Å². The zero-order chi connectivity index (χ0) is 29.0. The Labute approximate surface area is 243 Å². The molecule has 4 heterocycles. The van der Waals surface area contributed by atoms with Crippen molar-refractivity contribution in [1.29, 1.82) is 0 Å².